The Balaban J connectivity index is 2.25. The van der Waals surface area contributed by atoms with Gasteiger partial charge in [0, 0.05) is 12.1 Å². The molecule has 0 saturated heterocycles. The second kappa shape index (κ2) is 9.55. The highest BCUT2D eigenvalue weighted by Gasteiger charge is 2.34. The molecule has 0 radical (unpaired) electrons. The molecule has 1 heterocycles. The first-order chi connectivity index (χ1) is 13.9. The Hall–Kier alpha value is -2.48. The molecule has 1 aliphatic rings. The summed E-state index contributed by atoms with van der Waals surface area (Å²) < 4.78 is 16.7. The molecule has 1 aliphatic heterocycles. The number of rotatable bonds is 6. The first-order valence-corrected chi connectivity index (χ1v) is 10.4. The summed E-state index contributed by atoms with van der Waals surface area (Å²) in [7, 11) is 0. The predicted octanol–water partition coefficient (Wildman–Crippen LogP) is 4.70. The van der Waals surface area contributed by atoms with Gasteiger partial charge in [-0.25, -0.2) is 9.59 Å². The SMILES string of the molecule is CCCCOC(=O)N1C[C@H](CC(C)(C)O)Oc2ccc(NC(=O)OC(C)(C)C)cc21. The molecule has 30 heavy (non-hydrogen) atoms. The Kier molecular flexibility index (Phi) is 7.58. The van der Waals surface area contributed by atoms with Gasteiger partial charge in [0.1, 0.15) is 17.5 Å². The topological polar surface area (TPSA) is 97.3 Å². The summed E-state index contributed by atoms with van der Waals surface area (Å²) in [6.45, 7) is 11.3. The summed E-state index contributed by atoms with van der Waals surface area (Å²) in [5.41, 5.74) is -0.602. The lowest BCUT2D eigenvalue weighted by Gasteiger charge is -2.36. The van der Waals surface area contributed by atoms with Crippen LogP contribution in [0, 0.1) is 0 Å². The highest BCUT2D eigenvalue weighted by atomic mass is 16.6. The third-order valence-corrected chi connectivity index (χ3v) is 4.25. The molecule has 0 saturated carbocycles. The normalized spacial score (nSPS) is 16.4. The number of unbranched alkanes of at least 4 members (excludes halogenated alkanes) is 1. The molecule has 1 aromatic carbocycles. The lowest BCUT2D eigenvalue weighted by molar-refractivity contribution is 0.0260. The summed E-state index contributed by atoms with van der Waals surface area (Å²) in [5, 5.41) is 12.9. The van der Waals surface area contributed by atoms with Crippen molar-refractivity contribution in [3.05, 3.63) is 18.2 Å². The van der Waals surface area contributed by atoms with Crippen LogP contribution in [-0.4, -0.2) is 47.8 Å². The molecule has 8 nitrogen and oxygen atoms in total. The van der Waals surface area contributed by atoms with Crippen molar-refractivity contribution in [1.82, 2.24) is 0 Å². The molecule has 1 aromatic rings. The monoisotopic (exact) mass is 422 g/mol. The third-order valence-electron chi connectivity index (χ3n) is 4.25. The van der Waals surface area contributed by atoms with Crippen LogP contribution in [0.2, 0.25) is 0 Å². The van der Waals surface area contributed by atoms with Gasteiger partial charge in [-0.3, -0.25) is 10.2 Å². The Morgan fingerprint density at radius 1 is 1.27 bits per heavy atom. The first-order valence-electron chi connectivity index (χ1n) is 10.4. The van der Waals surface area contributed by atoms with E-state index in [2.05, 4.69) is 5.32 Å². The van der Waals surface area contributed by atoms with Gasteiger partial charge in [0.15, 0.2) is 0 Å². The number of fused-ring (bicyclic) bond motifs is 1. The van der Waals surface area contributed by atoms with Crippen LogP contribution in [0.5, 0.6) is 5.75 Å². The van der Waals surface area contributed by atoms with Crippen LogP contribution in [0.4, 0.5) is 21.0 Å². The van der Waals surface area contributed by atoms with Crippen LogP contribution in [-0.2, 0) is 9.47 Å². The lowest BCUT2D eigenvalue weighted by Crippen LogP contribution is -2.46. The van der Waals surface area contributed by atoms with Gasteiger partial charge < -0.3 is 19.3 Å². The van der Waals surface area contributed by atoms with Gasteiger partial charge >= 0.3 is 12.2 Å². The van der Waals surface area contributed by atoms with Gasteiger partial charge in [-0.05, 0) is 59.2 Å². The first kappa shape index (κ1) is 23.8. The fraction of sp³-hybridized carbons (Fsp3) is 0.636. The molecule has 8 heteroatoms. The van der Waals surface area contributed by atoms with E-state index in [0.717, 1.165) is 12.8 Å². The molecule has 1 atom stereocenters. The van der Waals surface area contributed by atoms with Crippen molar-refractivity contribution in [2.45, 2.75) is 78.1 Å². The number of hydrogen-bond donors (Lipinski definition) is 2. The van der Waals surface area contributed by atoms with E-state index in [1.54, 1.807) is 52.8 Å². The van der Waals surface area contributed by atoms with Crippen LogP contribution >= 0.6 is 0 Å². The van der Waals surface area contributed by atoms with Gasteiger partial charge in [-0.2, -0.15) is 0 Å². The molecule has 2 amide bonds. The average Bonchev–Trinajstić information content (AvgIpc) is 2.58. The van der Waals surface area contributed by atoms with E-state index in [1.165, 1.54) is 4.90 Å². The number of anilines is 2. The summed E-state index contributed by atoms with van der Waals surface area (Å²) in [6, 6.07) is 5.02. The Bertz CT molecular complexity index is 751. The summed E-state index contributed by atoms with van der Waals surface area (Å²) in [4.78, 5) is 26.3. The van der Waals surface area contributed by atoms with Gasteiger partial charge in [-0.15, -0.1) is 0 Å². The number of aliphatic hydroxyl groups is 1. The van der Waals surface area contributed by atoms with E-state index in [0.29, 0.717) is 30.2 Å². The van der Waals surface area contributed by atoms with E-state index in [-0.39, 0.29) is 12.6 Å². The molecule has 0 aliphatic carbocycles. The zero-order chi connectivity index (χ0) is 22.5. The second-order valence-electron chi connectivity index (χ2n) is 9.14. The van der Waals surface area contributed by atoms with Crippen molar-refractivity contribution in [2.75, 3.05) is 23.4 Å². The smallest absolute Gasteiger partial charge is 0.414 e. The van der Waals surface area contributed by atoms with E-state index >= 15 is 0 Å². The van der Waals surface area contributed by atoms with E-state index in [1.807, 2.05) is 6.92 Å². The third kappa shape index (κ3) is 7.40. The van der Waals surface area contributed by atoms with Crippen LogP contribution in [0.1, 0.15) is 60.8 Å². The van der Waals surface area contributed by atoms with E-state index < -0.39 is 23.4 Å². The zero-order valence-corrected chi connectivity index (χ0v) is 18.8. The van der Waals surface area contributed by atoms with E-state index in [9.17, 15) is 14.7 Å². The van der Waals surface area contributed by atoms with Crippen molar-refractivity contribution in [2.24, 2.45) is 0 Å². The Labute approximate surface area is 178 Å². The number of nitrogens with zero attached hydrogens (tertiary/aromatic N) is 1. The van der Waals surface area contributed by atoms with Crippen molar-refractivity contribution in [3.63, 3.8) is 0 Å². The molecule has 0 aromatic heterocycles. The maximum Gasteiger partial charge on any atom is 0.414 e. The van der Waals surface area contributed by atoms with Gasteiger partial charge in [0.05, 0.1) is 24.4 Å². The predicted molar refractivity (Wildman–Crippen MR) is 115 cm³/mol. The van der Waals surface area contributed by atoms with Crippen molar-refractivity contribution >= 4 is 23.6 Å². The number of ether oxygens (including phenoxy) is 3. The maximum atomic E-state index is 12.7. The highest BCUT2D eigenvalue weighted by molar-refractivity contribution is 5.93. The molecular weight excluding hydrogens is 388 g/mol. The molecule has 2 rings (SSSR count). The number of benzene rings is 1. The summed E-state index contributed by atoms with van der Waals surface area (Å²) in [6.07, 6.45) is 0.581. The molecule has 0 fully saturated rings. The molecule has 0 bridgehead atoms. The van der Waals surface area contributed by atoms with Crippen LogP contribution < -0.4 is 15.0 Å². The van der Waals surface area contributed by atoms with Crippen LogP contribution in [0.25, 0.3) is 0 Å². The molecule has 2 N–H and O–H groups in total. The molecule has 0 unspecified atom stereocenters. The fourth-order valence-corrected chi connectivity index (χ4v) is 3.06. The Morgan fingerprint density at radius 2 is 1.97 bits per heavy atom. The largest absolute Gasteiger partial charge is 0.486 e. The highest BCUT2D eigenvalue weighted by Crippen LogP contribution is 2.37. The minimum atomic E-state index is -0.946. The summed E-state index contributed by atoms with van der Waals surface area (Å²) in [5.74, 6) is 0.484. The van der Waals surface area contributed by atoms with Gasteiger partial charge in [0.25, 0.3) is 0 Å². The number of nitrogens with one attached hydrogen (secondary N) is 1. The second-order valence-corrected chi connectivity index (χ2v) is 9.14. The summed E-state index contributed by atoms with van der Waals surface area (Å²) >= 11 is 0. The average molecular weight is 423 g/mol. The Morgan fingerprint density at radius 3 is 2.57 bits per heavy atom. The molecule has 0 spiro atoms. The standard InChI is InChI=1S/C22H34N2O6/c1-7-8-11-28-20(26)24-14-16(13-22(5,6)27)29-18-10-9-15(12-17(18)24)23-19(25)30-21(2,3)4/h9-10,12,16,27H,7-8,11,13-14H2,1-6H3,(H,23,25)/t16-/m0/s1. The quantitative estimate of drug-likeness (QED) is 0.645. The maximum absolute atomic E-state index is 12.7. The number of carbonyl (C=O) groups is 2. The lowest BCUT2D eigenvalue weighted by atomic mass is 9.99. The van der Waals surface area contributed by atoms with E-state index in [4.69, 9.17) is 14.2 Å². The molecule has 168 valence electrons. The zero-order valence-electron chi connectivity index (χ0n) is 18.8. The number of carbonyl (C=O) groups excluding carboxylic acids is 2. The van der Waals surface area contributed by atoms with Crippen LogP contribution in [0.3, 0.4) is 0 Å². The van der Waals surface area contributed by atoms with Crippen LogP contribution in [0.15, 0.2) is 18.2 Å². The molecular formula is C22H34N2O6. The van der Waals surface area contributed by atoms with Crippen molar-refractivity contribution < 1.29 is 28.9 Å². The van der Waals surface area contributed by atoms with Gasteiger partial charge in [-0.1, -0.05) is 13.3 Å². The fourth-order valence-electron chi connectivity index (χ4n) is 3.06. The minimum absolute atomic E-state index is 0.234. The minimum Gasteiger partial charge on any atom is -0.486 e. The van der Waals surface area contributed by atoms with Gasteiger partial charge in [0.2, 0.25) is 0 Å². The van der Waals surface area contributed by atoms with Crippen molar-refractivity contribution in [1.29, 1.82) is 0 Å². The number of hydrogen-bond acceptors (Lipinski definition) is 6. The number of amides is 2. The van der Waals surface area contributed by atoms with Crippen molar-refractivity contribution in [3.8, 4) is 5.75 Å².